The average molecular weight is 355 g/mol. The monoisotopic (exact) mass is 354 g/mol. The largest absolute Gasteiger partial charge is 0.481 e. The molecule has 2 N–H and O–H groups in total. The van der Waals surface area contributed by atoms with Gasteiger partial charge in [0.2, 0.25) is 0 Å². The van der Waals surface area contributed by atoms with Crippen LogP contribution in [-0.2, 0) is 4.79 Å². The minimum absolute atomic E-state index is 0.161. The molecule has 0 radical (unpaired) electrons. The average Bonchev–Trinajstić information content (AvgIpc) is 3.21. The molecule has 1 heterocycles. The molecule has 114 valence electrons. The van der Waals surface area contributed by atoms with Crippen LogP contribution in [0, 0.1) is 5.92 Å². The van der Waals surface area contributed by atoms with E-state index in [-0.39, 0.29) is 11.9 Å². The van der Waals surface area contributed by atoms with E-state index in [9.17, 15) is 14.7 Å². The SMILES string of the molecule is O=C(NC1CCCCC1C(=O)O)c1cc(Br)cn1C1CC1. The third-order valence-electron chi connectivity index (χ3n) is 4.39. The van der Waals surface area contributed by atoms with Gasteiger partial charge in [0.25, 0.3) is 5.91 Å². The Morgan fingerprint density at radius 3 is 2.62 bits per heavy atom. The van der Waals surface area contributed by atoms with Gasteiger partial charge in [0.1, 0.15) is 5.69 Å². The third kappa shape index (κ3) is 3.15. The molecule has 5 nitrogen and oxygen atoms in total. The molecule has 0 bridgehead atoms. The Morgan fingerprint density at radius 1 is 1.24 bits per heavy atom. The lowest BCUT2D eigenvalue weighted by Crippen LogP contribution is -2.45. The van der Waals surface area contributed by atoms with Gasteiger partial charge in [-0.3, -0.25) is 9.59 Å². The van der Waals surface area contributed by atoms with Gasteiger partial charge in [-0.05, 0) is 47.7 Å². The lowest BCUT2D eigenvalue weighted by Gasteiger charge is -2.29. The molecule has 2 saturated carbocycles. The Kier molecular flexibility index (Phi) is 4.06. The summed E-state index contributed by atoms with van der Waals surface area (Å²) in [6.07, 6.45) is 7.42. The van der Waals surface area contributed by atoms with Gasteiger partial charge in [-0.25, -0.2) is 0 Å². The maximum atomic E-state index is 12.5. The third-order valence-corrected chi connectivity index (χ3v) is 4.82. The second-order valence-electron chi connectivity index (χ2n) is 5.99. The molecule has 6 heteroatoms. The van der Waals surface area contributed by atoms with Gasteiger partial charge in [-0.15, -0.1) is 0 Å². The fourth-order valence-corrected chi connectivity index (χ4v) is 3.56. The number of aliphatic carboxylic acids is 1. The first kappa shape index (κ1) is 14.6. The van der Waals surface area contributed by atoms with Crippen molar-refractivity contribution in [1.29, 1.82) is 0 Å². The van der Waals surface area contributed by atoms with Crippen molar-refractivity contribution in [3.05, 3.63) is 22.4 Å². The highest BCUT2D eigenvalue weighted by Crippen LogP contribution is 2.37. The van der Waals surface area contributed by atoms with E-state index < -0.39 is 11.9 Å². The predicted octanol–water partition coefficient (Wildman–Crippen LogP) is 2.96. The van der Waals surface area contributed by atoms with E-state index in [0.29, 0.717) is 18.2 Å². The lowest BCUT2D eigenvalue weighted by atomic mass is 9.84. The van der Waals surface area contributed by atoms with E-state index in [4.69, 9.17) is 0 Å². The van der Waals surface area contributed by atoms with Crippen molar-refractivity contribution >= 4 is 27.8 Å². The fraction of sp³-hybridized carbons (Fsp3) is 0.600. The quantitative estimate of drug-likeness (QED) is 0.872. The molecule has 2 fully saturated rings. The summed E-state index contributed by atoms with van der Waals surface area (Å²) >= 11 is 3.41. The van der Waals surface area contributed by atoms with Crippen molar-refractivity contribution in [3.8, 4) is 0 Å². The van der Waals surface area contributed by atoms with Gasteiger partial charge in [-0.2, -0.15) is 0 Å². The standard InChI is InChI=1S/C15H19BrN2O3/c16-9-7-13(18(8-9)10-5-6-10)14(19)17-12-4-2-1-3-11(12)15(20)21/h7-8,10-12H,1-6H2,(H,17,19)(H,20,21). The number of nitrogens with zero attached hydrogens (tertiary/aromatic N) is 1. The number of aromatic nitrogens is 1. The number of carboxylic acids is 1. The second-order valence-corrected chi connectivity index (χ2v) is 6.91. The first-order chi connectivity index (χ1) is 10.1. The van der Waals surface area contributed by atoms with E-state index in [0.717, 1.165) is 36.6 Å². The molecule has 1 aromatic rings. The topological polar surface area (TPSA) is 71.3 Å². The van der Waals surface area contributed by atoms with Gasteiger partial charge in [0.05, 0.1) is 5.92 Å². The summed E-state index contributed by atoms with van der Waals surface area (Å²) < 4.78 is 2.89. The number of rotatable bonds is 4. The Morgan fingerprint density at radius 2 is 1.95 bits per heavy atom. The molecular formula is C15H19BrN2O3. The molecule has 0 spiro atoms. The smallest absolute Gasteiger partial charge is 0.308 e. The van der Waals surface area contributed by atoms with Crippen molar-refractivity contribution < 1.29 is 14.7 Å². The van der Waals surface area contributed by atoms with Crippen LogP contribution < -0.4 is 5.32 Å². The minimum Gasteiger partial charge on any atom is -0.481 e. The van der Waals surface area contributed by atoms with Gasteiger partial charge < -0.3 is 15.0 Å². The molecule has 0 saturated heterocycles. The highest BCUT2D eigenvalue weighted by molar-refractivity contribution is 9.10. The van der Waals surface area contributed by atoms with Gasteiger partial charge >= 0.3 is 5.97 Å². The van der Waals surface area contributed by atoms with Gasteiger partial charge in [-0.1, -0.05) is 12.8 Å². The lowest BCUT2D eigenvalue weighted by molar-refractivity contribution is -0.143. The minimum atomic E-state index is -0.807. The highest BCUT2D eigenvalue weighted by atomic mass is 79.9. The number of hydrogen-bond donors (Lipinski definition) is 2. The summed E-state index contributed by atoms with van der Waals surface area (Å²) in [4.78, 5) is 23.8. The van der Waals surface area contributed by atoms with Crippen LogP contribution in [0.25, 0.3) is 0 Å². The van der Waals surface area contributed by atoms with Crippen LogP contribution in [0.5, 0.6) is 0 Å². The highest BCUT2D eigenvalue weighted by Gasteiger charge is 2.33. The van der Waals surface area contributed by atoms with Crippen molar-refractivity contribution in [3.63, 3.8) is 0 Å². The summed E-state index contributed by atoms with van der Waals surface area (Å²) in [6.45, 7) is 0. The number of amides is 1. The fourth-order valence-electron chi connectivity index (χ4n) is 3.12. The number of carboxylic acid groups (broad SMARTS) is 1. The normalized spacial score (nSPS) is 25.6. The molecule has 1 aromatic heterocycles. The van der Waals surface area contributed by atoms with E-state index in [1.54, 1.807) is 0 Å². The zero-order valence-electron chi connectivity index (χ0n) is 11.7. The number of halogens is 1. The summed E-state index contributed by atoms with van der Waals surface area (Å²) in [5.74, 6) is -1.43. The van der Waals surface area contributed by atoms with Gasteiger partial charge in [0.15, 0.2) is 0 Å². The predicted molar refractivity (Wildman–Crippen MR) is 81.3 cm³/mol. The first-order valence-electron chi connectivity index (χ1n) is 7.47. The van der Waals surface area contributed by atoms with Crippen molar-refractivity contribution in [2.24, 2.45) is 5.92 Å². The van der Waals surface area contributed by atoms with E-state index in [1.165, 1.54) is 0 Å². The maximum Gasteiger partial charge on any atom is 0.308 e. The molecule has 0 aromatic carbocycles. The van der Waals surface area contributed by atoms with Crippen molar-refractivity contribution in [1.82, 2.24) is 9.88 Å². The number of carbonyl (C=O) groups excluding carboxylic acids is 1. The summed E-state index contributed by atoms with van der Waals surface area (Å²) in [5, 5.41) is 12.2. The molecule has 21 heavy (non-hydrogen) atoms. The zero-order valence-corrected chi connectivity index (χ0v) is 13.3. The Balaban J connectivity index is 1.74. The molecular weight excluding hydrogens is 336 g/mol. The van der Waals surface area contributed by atoms with Crippen LogP contribution in [0.2, 0.25) is 0 Å². The number of nitrogens with one attached hydrogen (secondary N) is 1. The molecule has 0 aliphatic heterocycles. The molecule has 2 unspecified atom stereocenters. The van der Waals surface area contributed by atoms with Gasteiger partial charge in [0, 0.05) is 22.8 Å². The molecule has 2 aliphatic carbocycles. The number of carbonyl (C=O) groups is 2. The van der Waals surface area contributed by atoms with Crippen LogP contribution in [-0.4, -0.2) is 27.6 Å². The Hall–Kier alpha value is -1.30. The number of hydrogen-bond acceptors (Lipinski definition) is 2. The van der Waals surface area contributed by atoms with Crippen LogP contribution in [0.15, 0.2) is 16.7 Å². The van der Waals surface area contributed by atoms with E-state index >= 15 is 0 Å². The second kappa shape index (κ2) is 5.83. The van der Waals surface area contributed by atoms with Crippen LogP contribution in [0.1, 0.15) is 55.1 Å². The van der Waals surface area contributed by atoms with Crippen molar-refractivity contribution in [2.75, 3.05) is 0 Å². The molecule has 3 rings (SSSR count). The maximum absolute atomic E-state index is 12.5. The zero-order chi connectivity index (χ0) is 15.0. The summed E-state index contributed by atoms with van der Waals surface area (Å²) in [5.41, 5.74) is 0.624. The first-order valence-corrected chi connectivity index (χ1v) is 8.26. The van der Waals surface area contributed by atoms with Crippen LogP contribution in [0.4, 0.5) is 0 Å². The van der Waals surface area contributed by atoms with E-state index in [1.807, 2.05) is 16.8 Å². The van der Waals surface area contributed by atoms with Crippen LogP contribution >= 0.6 is 15.9 Å². The van der Waals surface area contributed by atoms with Crippen LogP contribution in [0.3, 0.4) is 0 Å². The summed E-state index contributed by atoms with van der Waals surface area (Å²) in [7, 11) is 0. The Labute approximate surface area is 131 Å². The van der Waals surface area contributed by atoms with E-state index in [2.05, 4.69) is 21.2 Å². The van der Waals surface area contributed by atoms with Crippen molar-refractivity contribution in [2.45, 2.75) is 50.6 Å². The Bertz CT molecular complexity index is 565. The molecule has 2 atom stereocenters. The molecule has 2 aliphatic rings. The molecule has 1 amide bonds. The summed E-state index contributed by atoms with van der Waals surface area (Å²) in [6, 6.07) is 1.97.